The highest BCUT2D eigenvalue weighted by atomic mass is 127. The summed E-state index contributed by atoms with van der Waals surface area (Å²) in [7, 11) is 0. The number of hydrogen-bond donors (Lipinski definition) is 1. The quantitative estimate of drug-likeness (QED) is 0.655. The molecule has 4 heteroatoms. The van der Waals surface area contributed by atoms with Gasteiger partial charge in [-0.2, -0.15) is 0 Å². The van der Waals surface area contributed by atoms with Crippen LogP contribution in [0.1, 0.15) is 31.0 Å². The molecule has 2 aromatic carbocycles. The first-order valence-corrected chi connectivity index (χ1v) is 8.46. The van der Waals surface area contributed by atoms with Crippen LogP contribution in [0.2, 0.25) is 5.02 Å². The first-order valence-electron chi connectivity index (χ1n) is 7.00. The maximum atomic E-state index is 6.11. The van der Waals surface area contributed by atoms with E-state index in [-0.39, 0.29) is 6.04 Å². The smallest absolute Gasteiger partial charge is 0.124 e. The molecular weight excluding hydrogens is 397 g/mol. The first kappa shape index (κ1) is 16.6. The molecule has 0 saturated heterocycles. The molecule has 1 atom stereocenters. The van der Waals surface area contributed by atoms with Crippen molar-refractivity contribution in [2.24, 2.45) is 0 Å². The zero-order chi connectivity index (χ0) is 15.2. The number of hydrogen-bond acceptors (Lipinski definition) is 2. The van der Waals surface area contributed by atoms with Gasteiger partial charge in [0.2, 0.25) is 0 Å². The Morgan fingerprint density at radius 3 is 2.57 bits per heavy atom. The van der Waals surface area contributed by atoms with Gasteiger partial charge >= 0.3 is 0 Å². The highest BCUT2D eigenvalue weighted by Gasteiger charge is 2.11. The predicted molar refractivity (Wildman–Crippen MR) is 97.0 cm³/mol. The molecule has 2 nitrogen and oxygen atoms in total. The summed E-state index contributed by atoms with van der Waals surface area (Å²) in [6, 6.07) is 14.3. The Labute approximate surface area is 145 Å². The molecule has 0 aliphatic heterocycles. The Kier molecular flexibility index (Phi) is 6.33. The van der Waals surface area contributed by atoms with Gasteiger partial charge in [0.05, 0.1) is 0 Å². The molecule has 0 fully saturated rings. The molecular formula is C17H19ClINO. The largest absolute Gasteiger partial charge is 0.489 e. The van der Waals surface area contributed by atoms with Crippen LogP contribution in [0.4, 0.5) is 0 Å². The zero-order valence-electron chi connectivity index (χ0n) is 12.2. The monoisotopic (exact) mass is 415 g/mol. The lowest BCUT2D eigenvalue weighted by Crippen LogP contribution is -2.18. The van der Waals surface area contributed by atoms with Gasteiger partial charge in [-0.25, -0.2) is 0 Å². The van der Waals surface area contributed by atoms with E-state index in [4.69, 9.17) is 16.3 Å². The van der Waals surface area contributed by atoms with Crippen LogP contribution in [0.5, 0.6) is 5.75 Å². The minimum Gasteiger partial charge on any atom is -0.489 e. The number of rotatable bonds is 6. The van der Waals surface area contributed by atoms with E-state index >= 15 is 0 Å². The summed E-state index contributed by atoms with van der Waals surface area (Å²) in [4.78, 5) is 0. The van der Waals surface area contributed by atoms with E-state index in [1.54, 1.807) is 0 Å². The van der Waals surface area contributed by atoms with Crippen LogP contribution in [0.25, 0.3) is 0 Å². The average molecular weight is 416 g/mol. The van der Waals surface area contributed by atoms with E-state index in [0.717, 1.165) is 28.4 Å². The SMILES string of the molecule is CCNC(C)c1cc(Cl)ccc1OCc1ccc(I)cc1. The molecule has 0 amide bonds. The Morgan fingerprint density at radius 1 is 1.19 bits per heavy atom. The maximum absolute atomic E-state index is 6.11. The van der Waals surface area contributed by atoms with Crippen LogP contribution in [-0.4, -0.2) is 6.54 Å². The minimum atomic E-state index is 0.209. The molecule has 112 valence electrons. The summed E-state index contributed by atoms with van der Waals surface area (Å²) < 4.78 is 7.21. The van der Waals surface area contributed by atoms with Crippen molar-refractivity contribution < 1.29 is 4.74 Å². The van der Waals surface area contributed by atoms with Gasteiger partial charge in [-0.05, 0) is 72.0 Å². The van der Waals surface area contributed by atoms with E-state index in [0.29, 0.717) is 6.61 Å². The fourth-order valence-electron chi connectivity index (χ4n) is 2.15. The Hall–Kier alpha value is -0.780. The highest BCUT2D eigenvalue weighted by Crippen LogP contribution is 2.29. The van der Waals surface area contributed by atoms with Crippen LogP contribution in [0.3, 0.4) is 0 Å². The maximum Gasteiger partial charge on any atom is 0.124 e. The molecule has 2 rings (SSSR count). The third kappa shape index (κ3) is 4.87. The van der Waals surface area contributed by atoms with Crippen LogP contribution in [0.15, 0.2) is 42.5 Å². The van der Waals surface area contributed by atoms with E-state index in [9.17, 15) is 0 Å². The zero-order valence-corrected chi connectivity index (χ0v) is 15.1. The lowest BCUT2D eigenvalue weighted by atomic mass is 10.1. The van der Waals surface area contributed by atoms with Gasteiger partial charge in [-0.15, -0.1) is 0 Å². The second-order valence-corrected chi connectivity index (χ2v) is 6.56. The van der Waals surface area contributed by atoms with Gasteiger partial charge in [0.1, 0.15) is 12.4 Å². The number of benzene rings is 2. The van der Waals surface area contributed by atoms with Gasteiger partial charge in [0.25, 0.3) is 0 Å². The van der Waals surface area contributed by atoms with Crippen molar-refractivity contribution in [1.29, 1.82) is 0 Å². The lowest BCUT2D eigenvalue weighted by Gasteiger charge is -2.18. The third-order valence-electron chi connectivity index (χ3n) is 3.26. The minimum absolute atomic E-state index is 0.209. The topological polar surface area (TPSA) is 21.3 Å². The summed E-state index contributed by atoms with van der Waals surface area (Å²) in [5.41, 5.74) is 2.25. The van der Waals surface area contributed by atoms with Gasteiger partial charge in [-0.3, -0.25) is 0 Å². The van der Waals surface area contributed by atoms with Crippen LogP contribution >= 0.6 is 34.2 Å². The van der Waals surface area contributed by atoms with Gasteiger partial charge in [-0.1, -0.05) is 30.7 Å². The molecule has 1 unspecified atom stereocenters. The van der Waals surface area contributed by atoms with Crippen molar-refractivity contribution in [2.75, 3.05) is 6.54 Å². The molecule has 0 aromatic heterocycles. The third-order valence-corrected chi connectivity index (χ3v) is 4.21. The molecule has 0 saturated carbocycles. The predicted octanol–water partition coefficient (Wildman–Crippen LogP) is 5.19. The average Bonchev–Trinajstić information content (AvgIpc) is 2.48. The van der Waals surface area contributed by atoms with Crippen molar-refractivity contribution in [2.45, 2.75) is 26.5 Å². The normalized spacial score (nSPS) is 12.2. The molecule has 0 radical (unpaired) electrons. The fourth-order valence-corrected chi connectivity index (χ4v) is 2.69. The van der Waals surface area contributed by atoms with Gasteiger partial charge in [0, 0.05) is 20.2 Å². The van der Waals surface area contributed by atoms with Crippen LogP contribution in [0, 0.1) is 3.57 Å². The Bertz CT molecular complexity index is 586. The van der Waals surface area contributed by atoms with E-state index < -0.39 is 0 Å². The molecule has 2 aromatic rings. The summed E-state index contributed by atoms with van der Waals surface area (Å²) in [5, 5.41) is 4.13. The molecule has 0 spiro atoms. The van der Waals surface area contributed by atoms with Crippen molar-refractivity contribution in [3.8, 4) is 5.75 Å². The number of halogens is 2. The molecule has 0 aliphatic carbocycles. The fraction of sp³-hybridized carbons (Fsp3) is 0.294. The van der Waals surface area contributed by atoms with Crippen LogP contribution in [-0.2, 0) is 6.61 Å². The number of nitrogens with one attached hydrogen (secondary N) is 1. The van der Waals surface area contributed by atoms with Crippen molar-refractivity contribution in [1.82, 2.24) is 5.32 Å². The summed E-state index contributed by atoms with van der Waals surface area (Å²) in [6.07, 6.45) is 0. The summed E-state index contributed by atoms with van der Waals surface area (Å²) >= 11 is 8.41. The molecule has 21 heavy (non-hydrogen) atoms. The second kappa shape index (κ2) is 8.01. The van der Waals surface area contributed by atoms with Crippen LogP contribution < -0.4 is 10.1 Å². The Morgan fingerprint density at radius 2 is 1.90 bits per heavy atom. The second-order valence-electron chi connectivity index (χ2n) is 4.88. The van der Waals surface area contributed by atoms with E-state index in [1.165, 1.54) is 3.57 Å². The molecule has 0 heterocycles. The van der Waals surface area contributed by atoms with E-state index in [2.05, 4.69) is 66.0 Å². The van der Waals surface area contributed by atoms with Crippen molar-refractivity contribution in [3.63, 3.8) is 0 Å². The van der Waals surface area contributed by atoms with Crippen molar-refractivity contribution >= 4 is 34.2 Å². The summed E-state index contributed by atoms with van der Waals surface area (Å²) in [6.45, 7) is 5.68. The first-order chi connectivity index (χ1) is 10.1. The highest BCUT2D eigenvalue weighted by molar-refractivity contribution is 14.1. The summed E-state index contributed by atoms with van der Waals surface area (Å²) in [5.74, 6) is 0.881. The Balaban J connectivity index is 2.13. The standard InChI is InChI=1S/C17H19ClINO/c1-3-20-12(2)16-10-14(18)6-9-17(16)21-11-13-4-7-15(19)8-5-13/h4-10,12,20H,3,11H2,1-2H3. The van der Waals surface area contributed by atoms with E-state index in [1.807, 2.05) is 18.2 Å². The molecule has 1 N–H and O–H groups in total. The molecule has 0 bridgehead atoms. The van der Waals surface area contributed by atoms with Crippen molar-refractivity contribution in [3.05, 3.63) is 62.2 Å². The van der Waals surface area contributed by atoms with Gasteiger partial charge < -0.3 is 10.1 Å². The number of ether oxygens (including phenoxy) is 1. The van der Waals surface area contributed by atoms with Gasteiger partial charge in [0.15, 0.2) is 0 Å². The molecule has 0 aliphatic rings. The lowest BCUT2D eigenvalue weighted by molar-refractivity contribution is 0.300.